The zero-order valence-electron chi connectivity index (χ0n) is 25.0. The number of carbonyl (C=O) groups is 1. The van der Waals surface area contributed by atoms with E-state index in [1.165, 1.54) is 12.7 Å². The summed E-state index contributed by atoms with van der Waals surface area (Å²) in [7, 11) is -2.49. The van der Waals surface area contributed by atoms with Crippen LogP contribution in [0.5, 0.6) is 5.75 Å². The van der Waals surface area contributed by atoms with Gasteiger partial charge in [0.1, 0.15) is 12.4 Å². The molecule has 10 heteroatoms. The van der Waals surface area contributed by atoms with Gasteiger partial charge in [-0.1, -0.05) is 36.7 Å². The van der Waals surface area contributed by atoms with Crippen LogP contribution in [0.3, 0.4) is 0 Å². The Morgan fingerprint density at radius 3 is 2.74 bits per heavy atom. The average Bonchev–Trinajstić information content (AvgIpc) is 2.97. The predicted molar refractivity (Wildman–Crippen MR) is 169 cm³/mol. The number of methoxy groups -OCH3 is 1. The molecule has 2 bridgehead atoms. The number of nitrogens with zero attached hydrogens (tertiary/aromatic N) is 1. The summed E-state index contributed by atoms with van der Waals surface area (Å²) in [6.07, 6.45) is 8.53. The molecule has 1 amide bonds. The largest absolute Gasteiger partial charge is 0.487 e. The van der Waals surface area contributed by atoms with Gasteiger partial charge in [0.15, 0.2) is 0 Å². The molecule has 1 saturated carbocycles. The first kappa shape index (κ1) is 31.8. The lowest BCUT2D eigenvalue weighted by molar-refractivity contribution is 0.0461. The van der Waals surface area contributed by atoms with Crippen LogP contribution in [0.4, 0.5) is 5.69 Å². The van der Waals surface area contributed by atoms with E-state index in [-0.39, 0.29) is 36.3 Å². The molecule has 0 radical (unpaired) electrons. The Kier molecular flexibility index (Phi) is 10.4. The van der Waals surface area contributed by atoms with Gasteiger partial charge in [0.05, 0.1) is 17.0 Å². The molecule has 0 unspecified atom stereocenters. The molecular formula is C33H43ClN2O6S. The zero-order chi connectivity index (χ0) is 30.6. The van der Waals surface area contributed by atoms with Crippen LogP contribution in [-0.4, -0.2) is 57.6 Å². The molecule has 8 nitrogen and oxygen atoms in total. The molecule has 1 aliphatic carbocycles. The highest BCUT2D eigenvalue weighted by Crippen LogP contribution is 2.41. The van der Waals surface area contributed by atoms with Crippen LogP contribution in [-0.2, 0) is 27.8 Å². The molecule has 3 aliphatic rings. The molecule has 43 heavy (non-hydrogen) atoms. The Morgan fingerprint density at radius 2 is 1.98 bits per heavy atom. The zero-order valence-corrected chi connectivity index (χ0v) is 26.6. The minimum atomic E-state index is -4.02. The summed E-state index contributed by atoms with van der Waals surface area (Å²) in [5.74, 6) is 0.0831. The summed E-state index contributed by atoms with van der Waals surface area (Å²) in [5.41, 5.74) is 3.25. The number of sulfonamides is 1. The minimum Gasteiger partial charge on any atom is -0.487 e. The highest BCUT2D eigenvalue weighted by atomic mass is 35.5. The van der Waals surface area contributed by atoms with E-state index in [4.69, 9.17) is 21.1 Å². The molecular weight excluding hydrogens is 588 g/mol. The second-order valence-electron chi connectivity index (χ2n) is 12.2. The normalized spacial score (nSPS) is 28.6. The maximum Gasteiger partial charge on any atom is 0.264 e. The Balaban J connectivity index is 1.53. The SMILES string of the molecule is COCC[C@@H]1[C@@H](C)C/C=C/[C@H](O)[C@@H]2CC[C@H]2CN2CCCCc3cc(Cl)ccc3COc3ccc(cc32)C(=O)NS1(=O)=O. The van der Waals surface area contributed by atoms with Crippen LogP contribution in [0.25, 0.3) is 0 Å². The molecule has 2 aliphatic heterocycles. The number of nitrogens with one attached hydrogen (secondary N) is 1. The van der Waals surface area contributed by atoms with E-state index in [1.807, 2.05) is 37.3 Å². The van der Waals surface area contributed by atoms with E-state index in [9.17, 15) is 18.3 Å². The van der Waals surface area contributed by atoms with E-state index >= 15 is 0 Å². The van der Waals surface area contributed by atoms with Crippen molar-refractivity contribution >= 4 is 33.2 Å². The van der Waals surface area contributed by atoms with Crippen molar-refractivity contribution in [2.24, 2.45) is 17.8 Å². The molecule has 0 saturated heterocycles. The van der Waals surface area contributed by atoms with Gasteiger partial charge in [-0.2, -0.15) is 0 Å². The lowest BCUT2D eigenvalue weighted by Gasteiger charge is -2.42. The van der Waals surface area contributed by atoms with Gasteiger partial charge in [-0.15, -0.1) is 0 Å². The molecule has 234 valence electrons. The second kappa shape index (κ2) is 14.0. The number of benzene rings is 2. The van der Waals surface area contributed by atoms with E-state index in [2.05, 4.69) is 9.62 Å². The standard InChI is InChI=1S/C33H43ClN2O6S/c1-22-6-5-8-30(37)28-13-10-25(28)20-36-16-4-3-7-23-18-27(34)12-9-26(23)21-42-31-14-11-24(19-29(31)36)33(38)35-43(39,40)32(22)15-17-41-2/h5,8-9,11-12,14,18-19,22,25,28,30,32,37H,3-4,6-7,10,13,15-17,20-21H2,1-2H3,(H,35,38)/b8-5+/t22-,25-,28+,30-,32+/m0/s1. The van der Waals surface area contributed by atoms with Gasteiger partial charge >= 0.3 is 0 Å². The number of aryl methyl sites for hydroxylation is 1. The third-order valence-electron chi connectivity index (χ3n) is 9.32. The summed E-state index contributed by atoms with van der Waals surface area (Å²) in [6, 6.07) is 11.0. The van der Waals surface area contributed by atoms with Crippen LogP contribution in [0.2, 0.25) is 5.02 Å². The number of aliphatic hydroxyl groups excluding tert-OH is 1. The number of anilines is 1. The first-order valence-electron chi connectivity index (χ1n) is 15.3. The van der Waals surface area contributed by atoms with Gasteiger partial charge in [-0.05, 0) is 104 Å². The molecule has 2 aromatic carbocycles. The molecule has 5 atom stereocenters. The van der Waals surface area contributed by atoms with E-state index in [0.717, 1.165) is 49.9 Å². The van der Waals surface area contributed by atoms with Crippen LogP contribution >= 0.6 is 11.6 Å². The van der Waals surface area contributed by atoms with Crippen molar-refractivity contribution in [1.82, 2.24) is 4.72 Å². The summed E-state index contributed by atoms with van der Waals surface area (Å²) in [6.45, 7) is 3.91. The van der Waals surface area contributed by atoms with Gasteiger partial charge in [-0.25, -0.2) is 13.1 Å². The van der Waals surface area contributed by atoms with Crippen LogP contribution in [0, 0.1) is 17.8 Å². The second-order valence-corrected chi connectivity index (χ2v) is 14.6. The number of rotatable bonds is 3. The summed E-state index contributed by atoms with van der Waals surface area (Å²) in [4.78, 5) is 15.8. The minimum absolute atomic E-state index is 0.118. The maximum absolute atomic E-state index is 13.5. The van der Waals surface area contributed by atoms with Crippen molar-refractivity contribution in [2.75, 3.05) is 31.7 Å². The van der Waals surface area contributed by atoms with Gasteiger partial charge in [-0.3, -0.25) is 4.79 Å². The number of amides is 1. The summed E-state index contributed by atoms with van der Waals surface area (Å²) < 4.78 is 41.0. The molecule has 2 N–H and O–H groups in total. The molecule has 2 heterocycles. The first-order chi connectivity index (χ1) is 20.7. The Labute approximate surface area is 260 Å². The van der Waals surface area contributed by atoms with Crippen LogP contribution in [0.1, 0.15) is 66.9 Å². The van der Waals surface area contributed by atoms with Crippen molar-refractivity contribution in [3.63, 3.8) is 0 Å². The van der Waals surface area contributed by atoms with Gasteiger partial charge in [0.2, 0.25) is 10.0 Å². The van der Waals surface area contributed by atoms with Crippen LogP contribution in [0.15, 0.2) is 48.6 Å². The number of aliphatic hydroxyl groups is 1. The van der Waals surface area contributed by atoms with Crippen molar-refractivity contribution in [2.45, 2.75) is 69.8 Å². The number of ether oxygens (including phenoxy) is 2. The monoisotopic (exact) mass is 630 g/mol. The molecule has 0 aromatic heterocycles. The predicted octanol–water partition coefficient (Wildman–Crippen LogP) is 5.51. The third kappa shape index (κ3) is 7.56. The van der Waals surface area contributed by atoms with Crippen molar-refractivity contribution in [3.8, 4) is 5.75 Å². The van der Waals surface area contributed by atoms with E-state index < -0.39 is 27.3 Å². The summed E-state index contributed by atoms with van der Waals surface area (Å²) in [5, 5.41) is 11.0. The Hall–Kier alpha value is -2.59. The highest BCUT2D eigenvalue weighted by Gasteiger charge is 2.37. The van der Waals surface area contributed by atoms with Crippen molar-refractivity contribution < 1.29 is 27.8 Å². The molecule has 1 fully saturated rings. The van der Waals surface area contributed by atoms with Gasteiger partial charge in [0, 0.05) is 37.4 Å². The van der Waals surface area contributed by atoms with Crippen molar-refractivity contribution in [3.05, 3.63) is 70.3 Å². The average molecular weight is 631 g/mol. The molecule has 5 rings (SSSR count). The number of halogens is 1. The van der Waals surface area contributed by atoms with Gasteiger partial charge < -0.3 is 19.5 Å². The van der Waals surface area contributed by atoms with Crippen molar-refractivity contribution in [1.29, 1.82) is 0 Å². The van der Waals surface area contributed by atoms with Gasteiger partial charge in [0.25, 0.3) is 5.91 Å². The lowest BCUT2D eigenvalue weighted by atomic mass is 9.70. The maximum atomic E-state index is 13.5. The lowest BCUT2D eigenvalue weighted by Crippen LogP contribution is -2.44. The number of hydrogen-bond acceptors (Lipinski definition) is 7. The quantitative estimate of drug-likeness (QED) is 0.431. The summed E-state index contributed by atoms with van der Waals surface area (Å²) >= 11 is 6.31. The molecule has 2 aromatic rings. The Morgan fingerprint density at radius 1 is 1.14 bits per heavy atom. The highest BCUT2D eigenvalue weighted by molar-refractivity contribution is 7.90. The Bertz CT molecular complexity index is 1430. The topological polar surface area (TPSA) is 105 Å². The first-order valence-corrected chi connectivity index (χ1v) is 17.3. The fourth-order valence-corrected chi connectivity index (χ4v) is 8.46. The fourth-order valence-electron chi connectivity index (χ4n) is 6.60. The number of carbonyl (C=O) groups excluding carboxylic acids is 1. The number of fused-ring (bicyclic) bond motifs is 3. The number of hydrogen-bond donors (Lipinski definition) is 2. The third-order valence-corrected chi connectivity index (χ3v) is 11.5. The van der Waals surface area contributed by atoms with E-state index in [1.54, 1.807) is 18.2 Å². The molecule has 0 spiro atoms. The smallest absolute Gasteiger partial charge is 0.264 e. The van der Waals surface area contributed by atoms with Crippen LogP contribution < -0.4 is 14.4 Å². The number of allylic oxidation sites excluding steroid dienone is 1. The fraction of sp³-hybridized carbons (Fsp3) is 0.545. The van der Waals surface area contributed by atoms with E-state index in [0.29, 0.717) is 30.3 Å².